The molecule has 1 aromatic carbocycles. The van der Waals surface area contributed by atoms with Crippen molar-refractivity contribution in [2.75, 3.05) is 5.01 Å². The van der Waals surface area contributed by atoms with Crippen molar-refractivity contribution in [1.29, 1.82) is 0 Å². The highest BCUT2D eigenvalue weighted by molar-refractivity contribution is 9.10. The molecule has 2 aliphatic rings. The maximum Gasteiger partial charge on any atom is 0.212 e. The van der Waals surface area contributed by atoms with Crippen LogP contribution in [-0.2, 0) is 0 Å². The van der Waals surface area contributed by atoms with Crippen LogP contribution in [0.2, 0.25) is 0 Å². The average Bonchev–Trinajstić information content (AvgIpc) is 3.15. The lowest BCUT2D eigenvalue weighted by Gasteiger charge is -2.08. The van der Waals surface area contributed by atoms with E-state index in [0.29, 0.717) is 4.99 Å². The lowest BCUT2D eigenvalue weighted by Crippen LogP contribution is -2.24. The van der Waals surface area contributed by atoms with Gasteiger partial charge in [0.2, 0.25) is 5.13 Å². The highest BCUT2D eigenvalue weighted by Crippen LogP contribution is 2.27. The number of halogens is 1. The summed E-state index contributed by atoms with van der Waals surface area (Å²) in [5.41, 5.74) is 8.32. The second kappa shape index (κ2) is 6.23. The second-order valence-corrected chi connectivity index (χ2v) is 7.70. The van der Waals surface area contributed by atoms with Crippen LogP contribution in [0.5, 0.6) is 0 Å². The largest absolute Gasteiger partial charge is 0.404 e. The van der Waals surface area contributed by atoms with Crippen molar-refractivity contribution in [2.45, 2.75) is 12.8 Å². The predicted octanol–water partition coefficient (Wildman–Crippen LogP) is 2.65. The number of nitrogens with zero attached hydrogens (tertiary/aromatic N) is 3. The van der Waals surface area contributed by atoms with Gasteiger partial charge in [-0.3, -0.25) is 0 Å². The number of rotatable bonds is 2. The first kappa shape index (κ1) is 15.7. The van der Waals surface area contributed by atoms with Gasteiger partial charge in [0.15, 0.2) is 0 Å². The fourth-order valence-electron chi connectivity index (χ4n) is 2.69. The lowest BCUT2D eigenvalue weighted by molar-refractivity contribution is 1.08. The van der Waals surface area contributed by atoms with Crippen LogP contribution < -0.4 is 20.6 Å². The molecule has 0 amide bonds. The molecule has 2 aromatic rings. The number of fused-ring (bicyclic) bond motifs is 1. The Labute approximate surface area is 156 Å². The number of hydrazone groups is 1. The van der Waals surface area contributed by atoms with Crippen molar-refractivity contribution >= 4 is 67.5 Å². The van der Waals surface area contributed by atoms with Gasteiger partial charge in [0.05, 0.1) is 15.5 Å². The van der Waals surface area contributed by atoms with E-state index in [1.807, 2.05) is 24.3 Å². The van der Waals surface area contributed by atoms with Crippen LogP contribution in [0.15, 0.2) is 45.6 Å². The van der Waals surface area contributed by atoms with Crippen molar-refractivity contribution in [2.24, 2.45) is 10.8 Å². The van der Waals surface area contributed by atoms with Gasteiger partial charge in [-0.2, -0.15) is 10.1 Å². The van der Waals surface area contributed by atoms with Crippen molar-refractivity contribution in [3.05, 3.63) is 56.0 Å². The van der Waals surface area contributed by atoms with Gasteiger partial charge >= 0.3 is 0 Å². The van der Waals surface area contributed by atoms with Crippen molar-refractivity contribution < 1.29 is 0 Å². The van der Waals surface area contributed by atoms with Crippen molar-refractivity contribution in [3.63, 3.8) is 0 Å². The molecule has 0 radical (unpaired) electrons. The maximum atomic E-state index is 5.83. The summed E-state index contributed by atoms with van der Waals surface area (Å²) >= 11 is 10.7. The van der Waals surface area contributed by atoms with E-state index in [1.165, 1.54) is 10.7 Å². The van der Waals surface area contributed by atoms with E-state index < -0.39 is 0 Å². The molecule has 7 heteroatoms. The van der Waals surface area contributed by atoms with E-state index in [1.54, 1.807) is 16.3 Å². The number of hydrogen-bond acceptors (Lipinski definition) is 5. The zero-order chi connectivity index (χ0) is 16.7. The Bertz CT molecular complexity index is 986. The molecule has 2 heterocycles. The fourth-order valence-corrected chi connectivity index (χ4v) is 4.44. The first-order chi connectivity index (χ1) is 11.7. The van der Waals surface area contributed by atoms with Gasteiger partial charge in [0, 0.05) is 16.2 Å². The summed E-state index contributed by atoms with van der Waals surface area (Å²) in [6.07, 6.45) is 7.98. The standard InChI is InChI=1S/C17H13BrN4S2/c18-11-5-3-4-10(8-11)15-12(9-19)16(23)22(21-15)17-20-13-6-1-2-7-14(13)24-17/h3-9H,1-2,19H2/b12-9+. The first-order valence-corrected chi connectivity index (χ1v) is 9.47. The van der Waals surface area contributed by atoms with Crippen LogP contribution in [0.3, 0.4) is 0 Å². The topological polar surface area (TPSA) is 54.5 Å². The van der Waals surface area contributed by atoms with Crippen LogP contribution in [0, 0.1) is 0 Å². The minimum absolute atomic E-state index is 0.582. The lowest BCUT2D eigenvalue weighted by atomic mass is 10.0. The Morgan fingerprint density at radius 1 is 1.29 bits per heavy atom. The summed E-state index contributed by atoms with van der Waals surface area (Å²) in [6, 6.07) is 7.94. The third-order valence-electron chi connectivity index (χ3n) is 3.83. The molecule has 24 heavy (non-hydrogen) atoms. The Morgan fingerprint density at radius 2 is 2.12 bits per heavy atom. The molecule has 4 rings (SSSR count). The molecule has 0 bridgehead atoms. The van der Waals surface area contributed by atoms with Crippen LogP contribution in [-0.4, -0.2) is 15.7 Å². The number of benzene rings is 1. The van der Waals surface area contributed by atoms with Crippen molar-refractivity contribution in [3.8, 4) is 0 Å². The second-order valence-electron chi connectivity index (χ2n) is 5.39. The Morgan fingerprint density at radius 3 is 2.88 bits per heavy atom. The smallest absolute Gasteiger partial charge is 0.212 e. The molecule has 0 fully saturated rings. The van der Waals surface area contributed by atoms with Crippen LogP contribution in [0.25, 0.3) is 12.2 Å². The summed E-state index contributed by atoms with van der Waals surface area (Å²) in [5, 5.41) is 8.23. The molecular formula is C17H13BrN4S2. The zero-order valence-corrected chi connectivity index (χ0v) is 15.8. The van der Waals surface area contributed by atoms with Gasteiger partial charge < -0.3 is 5.73 Å². The van der Waals surface area contributed by atoms with Gasteiger partial charge in [-0.15, -0.1) is 0 Å². The minimum Gasteiger partial charge on any atom is -0.404 e. The predicted molar refractivity (Wildman–Crippen MR) is 108 cm³/mol. The normalized spacial score (nSPS) is 18.2. The monoisotopic (exact) mass is 416 g/mol. The third-order valence-corrected chi connectivity index (χ3v) is 5.76. The van der Waals surface area contributed by atoms with Crippen LogP contribution >= 0.6 is 39.5 Å². The molecule has 4 nitrogen and oxygen atoms in total. The Hall–Kier alpha value is -1.83. The molecule has 0 spiro atoms. The molecule has 120 valence electrons. The van der Waals surface area contributed by atoms with Gasteiger partial charge in [-0.25, -0.2) is 4.98 Å². The van der Waals surface area contributed by atoms with Gasteiger partial charge in [-0.1, -0.05) is 63.8 Å². The quantitative estimate of drug-likeness (QED) is 0.603. The summed E-state index contributed by atoms with van der Waals surface area (Å²) in [5.74, 6) is 0. The van der Waals surface area contributed by atoms with Gasteiger partial charge in [-0.05, 0) is 25.0 Å². The molecule has 0 atom stereocenters. The van der Waals surface area contributed by atoms with E-state index in [-0.39, 0.29) is 0 Å². The molecule has 0 unspecified atom stereocenters. The molecule has 1 aromatic heterocycles. The molecule has 1 aliphatic heterocycles. The average molecular weight is 417 g/mol. The SMILES string of the molecule is N/C=C1/C(=S)N(c2nc3c(s2)=CCCC=3)N=C1c1cccc(Br)c1. The zero-order valence-electron chi connectivity index (χ0n) is 12.6. The van der Waals surface area contributed by atoms with E-state index in [0.717, 1.165) is 44.6 Å². The fraction of sp³-hybridized carbons (Fsp3) is 0.118. The maximum absolute atomic E-state index is 5.83. The molecule has 2 N–H and O–H groups in total. The first-order valence-electron chi connectivity index (χ1n) is 7.46. The summed E-state index contributed by atoms with van der Waals surface area (Å²) in [6.45, 7) is 0. The van der Waals surface area contributed by atoms with Gasteiger partial charge in [0.1, 0.15) is 10.7 Å². The Balaban J connectivity index is 1.82. The number of nitrogens with two attached hydrogens (primary N) is 1. The minimum atomic E-state index is 0.582. The number of aromatic nitrogens is 1. The summed E-state index contributed by atoms with van der Waals surface area (Å²) < 4.78 is 2.17. The highest BCUT2D eigenvalue weighted by atomic mass is 79.9. The van der Waals surface area contributed by atoms with Crippen molar-refractivity contribution in [1.82, 2.24) is 4.98 Å². The molecular weight excluding hydrogens is 404 g/mol. The van der Waals surface area contributed by atoms with E-state index >= 15 is 0 Å². The molecule has 0 saturated heterocycles. The summed E-state index contributed by atoms with van der Waals surface area (Å²) in [4.78, 5) is 5.27. The third kappa shape index (κ3) is 2.62. The van der Waals surface area contributed by atoms with E-state index in [2.05, 4.69) is 33.1 Å². The van der Waals surface area contributed by atoms with Crippen LogP contribution in [0.1, 0.15) is 18.4 Å². The van der Waals surface area contributed by atoms with Gasteiger partial charge in [0.25, 0.3) is 0 Å². The number of thiazole rings is 1. The summed E-state index contributed by atoms with van der Waals surface area (Å²) in [7, 11) is 0. The Kier molecular flexibility index (Phi) is 4.07. The van der Waals surface area contributed by atoms with E-state index in [9.17, 15) is 0 Å². The van der Waals surface area contributed by atoms with Crippen LogP contribution in [0.4, 0.5) is 5.13 Å². The highest BCUT2D eigenvalue weighted by Gasteiger charge is 2.30. The number of anilines is 1. The van der Waals surface area contributed by atoms with E-state index in [4.69, 9.17) is 23.1 Å². The number of thiocarbonyl (C=S) groups is 1. The molecule has 0 saturated carbocycles. The number of hydrogen-bond donors (Lipinski definition) is 1. The molecule has 1 aliphatic carbocycles.